The smallest absolute Gasteiger partial charge is 0.410 e. The Kier molecular flexibility index (Phi) is 5.48. The minimum Gasteiger partial charge on any atom is -0.444 e. The first kappa shape index (κ1) is 19.3. The molecule has 146 valence electrons. The van der Waals surface area contributed by atoms with Crippen molar-refractivity contribution in [2.75, 3.05) is 13.1 Å². The van der Waals surface area contributed by atoms with Crippen LogP contribution >= 0.6 is 0 Å². The van der Waals surface area contributed by atoms with E-state index < -0.39 is 12.0 Å². The third-order valence-corrected chi connectivity index (χ3v) is 4.56. The minimum absolute atomic E-state index is 0.00713. The molecule has 0 aliphatic carbocycles. The van der Waals surface area contributed by atoms with Crippen molar-refractivity contribution in [1.82, 2.24) is 14.7 Å². The predicted octanol–water partition coefficient (Wildman–Crippen LogP) is 5.06. The Bertz CT molecular complexity index is 773. The number of alkyl halides is 2. The molecule has 1 aromatic heterocycles. The number of carbonyl (C=O) groups is 1. The van der Waals surface area contributed by atoms with E-state index in [2.05, 4.69) is 5.10 Å². The molecule has 0 bridgehead atoms. The highest BCUT2D eigenvalue weighted by Gasteiger charge is 2.27. The van der Waals surface area contributed by atoms with Gasteiger partial charge in [0.05, 0.1) is 11.7 Å². The molecule has 1 aliphatic rings. The molecule has 2 aromatic rings. The molecule has 1 fully saturated rings. The van der Waals surface area contributed by atoms with E-state index in [0.717, 1.165) is 24.1 Å². The van der Waals surface area contributed by atoms with Gasteiger partial charge in [-0.05, 0) is 39.7 Å². The zero-order valence-corrected chi connectivity index (χ0v) is 15.9. The average molecular weight is 377 g/mol. The third kappa shape index (κ3) is 4.84. The first-order valence-corrected chi connectivity index (χ1v) is 9.14. The van der Waals surface area contributed by atoms with Crippen LogP contribution in [-0.2, 0) is 4.74 Å². The van der Waals surface area contributed by atoms with Crippen LogP contribution in [0.3, 0.4) is 0 Å². The fourth-order valence-corrected chi connectivity index (χ4v) is 3.13. The van der Waals surface area contributed by atoms with Crippen molar-refractivity contribution in [3.8, 4) is 11.3 Å². The van der Waals surface area contributed by atoms with Gasteiger partial charge < -0.3 is 9.64 Å². The Morgan fingerprint density at radius 1 is 1.15 bits per heavy atom. The second-order valence-electron chi connectivity index (χ2n) is 7.80. The van der Waals surface area contributed by atoms with E-state index >= 15 is 0 Å². The lowest BCUT2D eigenvalue weighted by molar-refractivity contribution is 0.0185. The van der Waals surface area contributed by atoms with E-state index in [4.69, 9.17) is 4.74 Å². The Labute approximate surface area is 157 Å². The lowest BCUT2D eigenvalue weighted by atomic mass is 10.1. The number of carbonyl (C=O) groups excluding carboxylic acids is 1. The first-order valence-electron chi connectivity index (χ1n) is 9.14. The van der Waals surface area contributed by atoms with Gasteiger partial charge in [-0.2, -0.15) is 5.10 Å². The Balaban J connectivity index is 1.60. The standard InChI is InChI=1S/C20H25F2N3O2/c1-20(2,3)27-19(26)24-11-8-16(9-12-24)25-13-10-17(23-25)14-4-6-15(7-5-14)18(21)22/h4-7,10,13,16,18H,8-9,11-12H2,1-3H3. The largest absolute Gasteiger partial charge is 0.444 e. The summed E-state index contributed by atoms with van der Waals surface area (Å²) < 4.78 is 32.7. The summed E-state index contributed by atoms with van der Waals surface area (Å²) in [7, 11) is 0. The topological polar surface area (TPSA) is 47.4 Å². The van der Waals surface area contributed by atoms with Crippen LogP contribution in [0.4, 0.5) is 13.6 Å². The molecule has 0 radical (unpaired) electrons. The molecular weight excluding hydrogens is 352 g/mol. The van der Waals surface area contributed by atoms with E-state index in [0.29, 0.717) is 13.1 Å². The number of halogens is 2. The van der Waals surface area contributed by atoms with Crippen LogP contribution in [0.5, 0.6) is 0 Å². The maximum atomic E-state index is 12.7. The maximum absolute atomic E-state index is 12.7. The highest BCUT2D eigenvalue weighted by atomic mass is 19.3. The number of benzene rings is 1. The number of nitrogens with zero attached hydrogens (tertiary/aromatic N) is 3. The van der Waals surface area contributed by atoms with Gasteiger partial charge in [-0.15, -0.1) is 0 Å². The molecule has 0 saturated carbocycles. The molecule has 0 unspecified atom stereocenters. The van der Waals surface area contributed by atoms with Crippen molar-refractivity contribution >= 4 is 6.09 Å². The van der Waals surface area contributed by atoms with Gasteiger partial charge in [-0.25, -0.2) is 13.6 Å². The number of likely N-dealkylation sites (tertiary alicyclic amines) is 1. The molecule has 3 rings (SSSR count). The molecule has 27 heavy (non-hydrogen) atoms. The van der Waals surface area contributed by atoms with E-state index in [9.17, 15) is 13.6 Å². The summed E-state index contributed by atoms with van der Waals surface area (Å²) in [6.45, 7) is 6.82. The zero-order chi connectivity index (χ0) is 19.6. The highest BCUT2D eigenvalue weighted by molar-refractivity contribution is 5.68. The number of rotatable bonds is 3. The average Bonchev–Trinajstić information content (AvgIpc) is 3.10. The monoisotopic (exact) mass is 377 g/mol. The van der Waals surface area contributed by atoms with E-state index in [1.807, 2.05) is 37.7 Å². The summed E-state index contributed by atoms with van der Waals surface area (Å²) in [6, 6.07) is 8.28. The minimum atomic E-state index is -2.47. The van der Waals surface area contributed by atoms with Crippen molar-refractivity contribution in [2.45, 2.75) is 51.7 Å². The maximum Gasteiger partial charge on any atom is 0.410 e. The predicted molar refractivity (Wildman–Crippen MR) is 98.7 cm³/mol. The second-order valence-corrected chi connectivity index (χ2v) is 7.80. The van der Waals surface area contributed by atoms with Gasteiger partial charge in [-0.1, -0.05) is 24.3 Å². The van der Waals surface area contributed by atoms with Crippen molar-refractivity contribution in [3.63, 3.8) is 0 Å². The number of piperidine rings is 1. The molecule has 0 spiro atoms. The van der Waals surface area contributed by atoms with Crippen LogP contribution in [0, 0.1) is 0 Å². The normalized spacial score (nSPS) is 16.0. The van der Waals surface area contributed by atoms with E-state index in [1.165, 1.54) is 12.1 Å². The molecule has 7 heteroatoms. The van der Waals surface area contributed by atoms with E-state index in [1.54, 1.807) is 17.0 Å². The molecule has 2 heterocycles. The Morgan fingerprint density at radius 3 is 2.33 bits per heavy atom. The summed E-state index contributed by atoms with van der Waals surface area (Å²) in [4.78, 5) is 13.9. The van der Waals surface area contributed by atoms with Crippen LogP contribution < -0.4 is 0 Å². The van der Waals surface area contributed by atoms with Gasteiger partial charge in [0.25, 0.3) is 6.43 Å². The molecule has 0 atom stereocenters. The summed E-state index contributed by atoms with van der Waals surface area (Å²) in [5.41, 5.74) is 1.08. The Hall–Kier alpha value is -2.44. The SMILES string of the molecule is CC(C)(C)OC(=O)N1CCC(n2ccc(-c3ccc(C(F)F)cc3)n2)CC1. The fraction of sp³-hybridized carbons (Fsp3) is 0.500. The molecule has 5 nitrogen and oxygen atoms in total. The number of ether oxygens (including phenoxy) is 1. The summed E-state index contributed by atoms with van der Waals surface area (Å²) in [6.07, 6.45) is 0.757. The first-order chi connectivity index (χ1) is 12.7. The fourth-order valence-electron chi connectivity index (χ4n) is 3.13. The van der Waals surface area contributed by atoms with Crippen molar-refractivity contribution in [2.24, 2.45) is 0 Å². The number of amides is 1. The van der Waals surface area contributed by atoms with Gasteiger partial charge >= 0.3 is 6.09 Å². The number of hydrogen-bond donors (Lipinski definition) is 0. The van der Waals surface area contributed by atoms with Crippen molar-refractivity contribution in [3.05, 3.63) is 42.1 Å². The van der Waals surface area contributed by atoms with Gasteiger partial charge in [0.15, 0.2) is 0 Å². The van der Waals surface area contributed by atoms with Crippen LogP contribution in [0.2, 0.25) is 0 Å². The molecule has 1 amide bonds. The zero-order valence-electron chi connectivity index (χ0n) is 15.9. The lowest BCUT2D eigenvalue weighted by Gasteiger charge is -2.33. The molecule has 1 saturated heterocycles. The highest BCUT2D eigenvalue weighted by Crippen LogP contribution is 2.27. The van der Waals surface area contributed by atoms with Crippen LogP contribution in [-0.4, -0.2) is 39.5 Å². The summed E-state index contributed by atoms with van der Waals surface area (Å²) >= 11 is 0. The van der Waals surface area contributed by atoms with Gasteiger partial charge in [0.2, 0.25) is 0 Å². The molecule has 1 aliphatic heterocycles. The number of hydrogen-bond acceptors (Lipinski definition) is 3. The van der Waals surface area contributed by atoms with Gasteiger partial charge in [0, 0.05) is 30.4 Å². The second kappa shape index (κ2) is 7.66. The summed E-state index contributed by atoms with van der Waals surface area (Å²) in [5.74, 6) is 0. The Morgan fingerprint density at radius 2 is 1.78 bits per heavy atom. The van der Waals surface area contributed by atoms with Crippen LogP contribution in [0.15, 0.2) is 36.5 Å². The van der Waals surface area contributed by atoms with Crippen LogP contribution in [0.25, 0.3) is 11.3 Å². The third-order valence-electron chi connectivity index (χ3n) is 4.56. The lowest BCUT2D eigenvalue weighted by Crippen LogP contribution is -2.42. The van der Waals surface area contributed by atoms with Gasteiger partial charge in [0.1, 0.15) is 5.60 Å². The quantitative estimate of drug-likeness (QED) is 0.751. The van der Waals surface area contributed by atoms with Gasteiger partial charge in [-0.3, -0.25) is 4.68 Å². The number of aromatic nitrogens is 2. The summed E-state index contributed by atoms with van der Waals surface area (Å²) in [5, 5.41) is 4.60. The molecule has 1 aromatic carbocycles. The van der Waals surface area contributed by atoms with Crippen molar-refractivity contribution in [1.29, 1.82) is 0 Å². The van der Waals surface area contributed by atoms with Crippen molar-refractivity contribution < 1.29 is 18.3 Å². The van der Waals surface area contributed by atoms with E-state index in [-0.39, 0.29) is 17.7 Å². The molecule has 0 N–H and O–H groups in total. The molecular formula is C20H25F2N3O2. The van der Waals surface area contributed by atoms with Crippen LogP contribution in [0.1, 0.15) is 51.6 Å².